The number of hydrogen-bond donors (Lipinski definition) is 3. The van der Waals surface area contributed by atoms with Gasteiger partial charge in [0.1, 0.15) is 0 Å². The van der Waals surface area contributed by atoms with E-state index in [0.717, 1.165) is 16.8 Å². The molecule has 1 heterocycles. The smallest absolute Gasteiger partial charge is 0.241 e. The molecule has 0 saturated heterocycles. The van der Waals surface area contributed by atoms with Crippen molar-refractivity contribution in [3.05, 3.63) is 23.8 Å². The van der Waals surface area contributed by atoms with Crippen LogP contribution < -0.4 is 17.3 Å². The molecule has 0 bridgehead atoms. The monoisotopic (exact) mass is 204 g/mol. The highest BCUT2D eigenvalue weighted by molar-refractivity contribution is 5.63. The van der Waals surface area contributed by atoms with Crippen molar-refractivity contribution in [1.82, 2.24) is 14.9 Å². The molecule has 0 aliphatic rings. The van der Waals surface area contributed by atoms with Crippen molar-refractivity contribution in [2.45, 2.75) is 6.92 Å². The summed E-state index contributed by atoms with van der Waals surface area (Å²) in [5.41, 5.74) is 13.7. The Bertz CT molecular complexity index is 501. The van der Waals surface area contributed by atoms with E-state index in [1.165, 1.54) is 4.68 Å². The SMILES string of the molecule is Cc1cc(-c2nnc(N)n2N)ccc1N. The van der Waals surface area contributed by atoms with Gasteiger partial charge in [-0.05, 0) is 30.7 Å². The molecule has 0 amide bonds. The number of nitrogen functional groups attached to an aromatic ring is 3. The topological polar surface area (TPSA) is 109 Å². The fraction of sp³-hybridized carbons (Fsp3) is 0.111. The van der Waals surface area contributed by atoms with Gasteiger partial charge >= 0.3 is 0 Å². The zero-order chi connectivity index (χ0) is 11.0. The summed E-state index contributed by atoms with van der Waals surface area (Å²) in [7, 11) is 0. The Balaban J connectivity index is 2.55. The summed E-state index contributed by atoms with van der Waals surface area (Å²) in [6.07, 6.45) is 0. The van der Waals surface area contributed by atoms with Gasteiger partial charge in [0.25, 0.3) is 0 Å². The molecule has 15 heavy (non-hydrogen) atoms. The van der Waals surface area contributed by atoms with Crippen molar-refractivity contribution < 1.29 is 0 Å². The second-order valence-corrected chi connectivity index (χ2v) is 3.32. The molecule has 6 heteroatoms. The first-order valence-corrected chi connectivity index (χ1v) is 4.42. The first-order chi connectivity index (χ1) is 7.09. The number of nitrogens with two attached hydrogens (primary N) is 3. The van der Waals surface area contributed by atoms with Crippen molar-refractivity contribution in [2.75, 3.05) is 17.3 Å². The maximum absolute atomic E-state index is 5.71. The molecule has 0 fully saturated rings. The van der Waals surface area contributed by atoms with Crippen LogP contribution in [-0.2, 0) is 0 Å². The summed E-state index contributed by atoms with van der Waals surface area (Å²) in [4.78, 5) is 0. The van der Waals surface area contributed by atoms with Crippen LogP contribution in [0, 0.1) is 6.92 Å². The largest absolute Gasteiger partial charge is 0.399 e. The Morgan fingerprint density at radius 3 is 2.47 bits per heavy atom. The van der Waals surface area contributed by atoms with Gasteiger partial charge in [0.2, 0.25) is 5.95 Å². The summed E-state index contributed by atoms with van der Waals surface area (Å²) in [6, 6.07) is 5.52. The minimum Gasteiger partial charge on any atom is -0.399 e. The Hall–Kier alpha value is -2.24. The lowest BCUT2D eigenvalue weighted by atomic mass is 10.1. The maximum atomic E-state index is 5.71. The zero-order valence-electron chi connectivity index (χ0n) is 8.31. The summed E-state index contributed by atoms with van der Waals surface area (Å²) in [5.74, 6) is 6.36. The van der Waals surface area contributed by atoms with E-state index in [-0.39, 0.29) is 5.95 Å². The van der Waals surface area contributed by atoms with E-state index in [1.54, 1.807) is 6.07 Å². The van der Waals surface area contributed by atoms with E-state index in [0.29, 0.717) is 5.82 Å². The number of benzene rings is 1. The van der Waals surface area contributed by atoms with Gasteiger partial charge in [-0.25, -0.2) is 4.68 Å². The molecule has 78 valence electrons. The predicted molar refractivity (Wildman–Crippen MR) is 59.2 cm³/mol. The Kier molecular flexibility index (Phi) is 1.96. The van der Waals surface area contributed by atoms with Crippen LogP contribution in [0.4, 0.5) is 11.6 Å². The van der Waals surface area contributed by atoms with E-state index in [1.807, 2.05) is 19.1 Å². The highest BCUT2D eigenvalue weighted by Gasteiger charge is 2.09. The van der Waals surface area contributed by atoms with Crippen LogP contribution in [-0.4, -0.2) is 14.9 Å². The van der Waals surface area contributed by atoms with Crippen molar-refractivity contribution in [1.29, 1.82) is 0 Å². The third-order valence-corrected chi connectivity index (χ3v) is 2.25. The van der Waals surface area contributed by atoms with Crippen LogP contribution >= 0.6 is 0 Å². The van der Waals surface area contributed by atoms with Gasteiger partial charge in [-0.2, -0.15) is 0 Å². The molecule has 0 aliphatic heterocycles. The standard InChI is InChI=1S/C9H12N6/c1-5-4-6(2-3-7(5)10)8-13-14-9(11)15(8)12/h2-4H,10,12H2,1H3,(H2,11,14). The number of aromatic nitrogens is 3. The second kappa shape index (κ2) is 3.16. The van der Waals surface area contributed by atoms with Crippen LogP contribution in [0.2, 0.25) is 0 Å². The van der Waals surface area contributed by atoms with Crippen LogP contribution in [0.5, 0.6) is 0 Å². The lowest BCUT2D eigenvalue weighted by Crippen LogP contribution is -2.13. The molecule has 1 aromatic carbocycles. The highest BCUT2D eigenvalue weighted by Crippen LogP contribution is 2.21. The van der Waals surface area contributed by atoms with Gasteiger partial charge in [-0.15, -0.1) is 10.2 Å². The molecule has 1 aromatic heterocycles. The minimum absolute atomic E-state index is 0.180. The lowest BCUT2D eigenvalue weighted by Gasteiger charge is -2.04. The fourth-order valence-corrected chi connectivity index (χ4v) is 1.32. The van der Waals surface area contributed by atoms with E-state index in [9.17, 15) is 0 Å². The average molecular weight is 204 g/mol. The zero-order valence-corrected chi connectivity index (χ0v) is 8.31. The van der Waals surface area contributed by atoms with Gasteiger partial charge in [-0.1, -0.05) is 0 Å². The Morgan fingerprint density at radius 2 is 1.93 bits per heavy atom. The third kappa shape index (κ3) is 1.45. The maximum Gasteiger partial charge on any atom is 0.241 e. The first kappa shape index (κ1) is 9.32. The predicted octanol–water partition coefficient (Wildman–Crippen LogP) is 0.132. The highest BCUT2D eigenvalue weighted by atomic mass is 15.4. The number of hydrogen-bond acceptors (Lipinski definition) is 5. The molecule has 0 aliphatic carbocycles. The molecule has 0 radical (unpaired) electrons. The van der Waals surface area contributed by atoms with Crippen LogP contribution in [0.1, 0.15) is 5.56 Å². The first-order valence-electron chi connectivity index (χ1n) is 4.42. The van der Waals surface area contributed by atoms with E-state index < -0.39 is 0 Å². The molecule has 2 aromatic rings. The quantitative estimate of drug-likeness (QED) is 0.452. The summed E-state index contributed by atoms with van der Waals surface area (Å²) >= 11 is 0. The third-order valence-electron chi connectivity index (χ3n) is 2.25. The van der Waals surface area contributed by atoms with Crippen molar-refractivity contribution in [2.24, 2.45) is 0 Å². The van der Waals surface area contributed by atoms with Gasteiger partial charge in [0.05, 0.1) is 0 Å². The summed E-state index contributed by atoms with van der Waals surface area (Å²) < 4.78 is 1.24. The van der Waals surface area contributed by atoms with E-state index >= 15 is 0 Å². The second-order valence-electron chi connectivity index (χ2n) is 3.32. The minimum atomic E-state index is 0.180. The molecule has 2 rings (SSSR count). The van der Waals surface area contributed by atoms with E-state index in [2.05, 4.69) is 10.2 Å². The molecule has 6 nitrogen and oxygen atoms in total. The molecule has 6 N–H and O–H groups in total. The van der Waals surface area contributed by atoms with Gasteiger partial charge in [0.15, 0.2) is 5.82 Å². The molecular formula is C9H12N6. The summed E-state index contributed by atoms with van der Waals surface area (Å²) in [5, 5.41) is 7.56. The van der Waals surface area contributed by atoms with Gasteiger partial charge in [-0.3, -0.25) is 0 Å². The average Bonchev–Trinajstić information content (AvgIpc) is 2.53. The molecular weight excluding hydrogens is 192 g/mol. The molecule has 0 saturated carbocycles. The Morgan fingerprint density at radius 1 is 1.20 bits per heavy atom. The fourth-order valence-electron chi connectivity index (χ4n) is 1.32. The number of anilines is 2. The summed E-state index contributed by atoms with van der Waals surface area (Å²) in [6.45, 7) is 1.92. The Labute approximate surface area is 86.7 Å². The van der Waals surface area contributed by atoms with Crippen LogP contribution in [0.15, 0.2) is 18.2 Å². The van der Waals surface area contributed by atoms with Crippen molar-refractivity contribution in [3.8, 4) is 11.4 Å². The molecule has 0 atom stereocenters. The van der Waals surface area contributed by atoms with Crippen LogP contribution in [0.3, 0.4) is 0 Å². The molecule has 0 spiro atoms. The lowest BCUT2D eigenvalue weighted by molar-refractivity contribution is 1.02. The van der Waals surface area contributed by atoms with Crippen molar-refractivity contribution in [3.63, 3.8) is 0 Å². The van der Waals surface area contributed by atoms with Crippen molar-refractivity contribution >= 4 is 11.6 Å². The number of nitrogens with zero attached hydrogens (tertiary/aromatic N) is 3. The van der Waals surface area contributed by atoms with Gasteiger partial charge in [0, 0.05) is 11.3 Å². The van der Waals surface area contributed by atoms with E-state index in [4.69, 9.17) is 17.3 Å². The number of rotatable bonds is 1. The normalized spacial score (nSPS) is 10.5. The van der Waals surface area contributed by atoms with Crippen LogP contribution in [0.25, 0.3) is 11.4 Å². The molecule has 0 unspecified atom stereocenters. The van der Waals surface area contributed by atoms with Gasteiger partial charge < -0.3 is 17.3 Å². The number of aryl methyl sites for hydroxylation is 1.